The van der Waals surface area contributed by atoms with Gasteiger partial charge in [-0.05, 0) is 53.4 Å². The second kappa shape index (κ2) is 15.3. The maximum atomic E-state index is 13.7. The molecule has 0 spiro atoms. The van der Waals surface area contributed by atoms with Crippen molar-refractivity contribution in [3.05, 3.63) is 22.6 Å². The van der Waals surface area contributed by atoms with Gasteiger partial charge in [-0.2, -0.15) is 17.0 Å². The van der Waals surface area contributed by atoms with Crippen molar-refractivity contribution in [2.75, 3.05) is 59.9 Å². The molecule has 240 valence electrons. The minimum atomic E-state index is -3.40. The molecular formula is C29H52N6O5S2. The third-order valence-corrected chi connectivity index (χ3v) is 10.9. The fourth-order valence-corrected chi connectivity index (χ4v) is 7.67. The van der Waals surface area contributed by atoms with Crippen LogP contribution in [0.25, 0.3) is 0 Å². The Morgan fingerprint density at radius 1 is 0.976 bits per heavy atom. The van der Waals surface area contributed by atoms with E-state index < -0.39 is 15.8 Å². The number of piperidine rings is 1. The van der Waals surface area contributed by atoms with Gasteiger partial charge in [-0.3, -0.25) is 4.90 Å². The van der Waals surface area contributed by atoms with Crippen molar-refractivity contribution >= 4 is 34.1 Å². The van der Waals surface area contributed by atoms with E-state index in [1.54, 1.807) is 19.0 Å². The first-order valence-corrected chi connectivity index (χ1v) is 17.4. The summed E-state index contributed by atoms with van der Waals surface area (Å²) in [5.74, 6) is 0. The Labute approximate surface area is 257 Å². The van der Waals surface area contributed by atoms with Gasteiger partial charge in [0.15, 0.2) is 0 Å². The molecule has 3 amide bonds. The molecule has 0 radical (unpaired) electrons. The Hall–Kier alpha value is -1.80. The van der Waals surface area contributed by atoms with Gasteiger partial charge in [0.05, 0.1) is 5.03 Å². The lowest BCUT2D eigenvalue weighted by molar-refractivity contribution is 0.0137. The van der Waals surface area contributed by atoms with Gasteiger partial charge in [-0.25, -0.2) is 9.59 Å². The molecular weight excluding hydrogens is 576 g/mol. The van der Waals surface area contributed by atoms with Crippen molar-refractivity contribution in [3.8, 4) is 0 Å². The fraction of sp³-hybridized carbons (Fsp3) is 0.793. The number of ether oxygens (including phenoxy) is 1. The zero-order valence-electron chi connectivity index (χ0n) is 26.4. The lowest BCUT2D eigenvalue weighted by Gasteiger charge is -2.43. The highest BCUT2D eigenvalue weighted by atomic mass is 32.2. The zero-order valence-corrected chi connectivity index (χ0v) is 28.1. The van der Waals surface area contributed by atoms with Gasteiger partial charge in [-0.1, -0.05) is 43.7 Å². The van der Waals surface area contributed by atoms with E-state index in [2.05, 4.69) is 16.8 Å². The summed E-state index contributed by atoms with van der Waals surface area (Å²) in [5, 5.41) is 3.66. The van der Waals surface area contributed by atoms with Crippen molar-refractivity contribution < 1.29 is 22.7 Å². The number of nitrogens with one attached hydrogen (secondary N) is 1. The van der Waals surface area contributed by atoms with Crippen molar-refractivity contribution in [2.45, 2.75) is 90.3 Å². The van der Waals surface area contributed by atoms with E-state index in [-0.39, 0.29) is 24.2 Å². The molecule has 2 aliphatic heterocycles. The van der Waals surface area contributed by atoms with Crippen molar-refractivity contribution in [3.63, 3.8) is 0 Å². The number of hydrogen-bond acceptors (Lipinski definition) is 7. The molecule has 0 bridgehead atoms. The van der Waals surface area contributed by atoms with Crippen LogP contribution >= 0.6 is 11.8 Å². The molecule has 1 saturated carbocycles. The molecule has 0 aromatic heterocycles. The van der Waals surface area contributed by atoms with Crippen LogP contribution in [0.3, 0.4) is 0 Å². The monoisotopic (exact) mass is 628 g/mol. The molecule has 3 aliphatic rings. The number of hydrogen-bond donors (Lipinski definition) is 1. The first kappa shape index (κ1) is 34.7. The molecule has 2 saturated heterocycles. The summed E-state index contributed by atoms with van der Waals surface area (Å²) >= 11 is 1.46. The summed E-state index contributed by atoms with van der Waals surface area (Å²) in [7, 11) is -0.295. The summed E-state index contributed by atoms with van der Waals surface area (Å²) in [6, 6.07) is 0.124. The highest BCUT2D eigenvalue weighted by Gasteiger charge is 2.36. The first-order valence-electron chi connectivity index (χ1n) is 15.2. The van der Waals surface area contributed by atoms with Crippen LogP contribution in [0.15, 0.2) is 22.6 Å². The van der Waals surface area contributed by atoms with Gasteiger partial charge in [0, 0.05) is 76.9 Å². The van der Waals surface area contributed by atoms with Crippen LogP contribution in [-0.2, 0) is 14.9 Å². The van der Waals surface area contributed by atoms with Crippen molar-refractivity contribution in [2.24, 2.45) is 0 Å². The number of thioether (sulfide) groups is 1. The maximum Gasteiger partial charge on any atom is 0.410 e. The average molecular weight is 629 g/mol. The van der Waals surface area contributed by atoms with Crippen LogP contribution < -0.4 is 5.32 Å². The highest BCUT2D eigenvalue weighted by Crippen LogP contribution is 2.30. The maximum absolute atomic E-state index is 13.7. The summed E-state index contributed by atoms with van der Waals surface area (Å²) in [6.45, 7) is 15.7. The quantitative estimate of drug-likeness (QED) is 0.407. The molecule has 1 aliphatic carbocycles. The normalized spacial score (nSPS) is 20.9. The number of nitrogens with zero attached hydrogens (tertiary/aromatic N) is 5. The Kier molecular flexibility index (Phi) is 12.6. The smallest absolute Gasteiger partial charge is 0.410 e. The Bertz CT molecular complexity index is 1070. The standard InChI is InChI=1S/C29H52N6O5S2/c1-8-26(22-32-18-20-34(21-19-32)42(38,39)31(6)7)41-23(2)30-27(36)35(24-12-10-9-11-13-24)25-14-16-33(17-15-25)28(37)40-29(3,4)5/h8,24-25H,2,9-22H2,1,3-7H3,(H,30,36)/b26-8-. The Morgan fingerprint density at radius 3 is 2.07 bits per heavy atom. The summed E-state index contributed by atoms with van der Waals surface area (Å²) in [5.41, 5.74) is -0.535. The molecule has 1 N–H and O–H groups in total. The van der Waals surface area contributed by atoms with Crippen LogP contribution in [-0.4, -0.2) is 121 Å². The van der Waals surface area contributed by atoms with Crippen LogP contribution in [0.2, 0.25) is 0 Å². The molecule has 3 rings (SSSR count). The van der Waals surface area contributed by atoms with E-state index in [9.17, 15) is 18.0 Å². The third kappa shape index (κ3) is 9.87. The Balaban J connectivity index is 1.55. The van der Waals surface area contributed by atoms with Gasteiger partial charge < -0.3 is 19.9 Å². The van der Waals surface area contributed by atoms with E-state index in [0.29, 0.717) is 50.8 Å². The second-order valence-corrected chi connectivity index (χ2v) is 15.9. The molecule has 13 heteroatoms. The number of rotatable bonds is 9. The molecule has 3 fully saturated rings. The number of urea groups is 1. The van der Waals surface area contributed by atoms with E-state index in [0.717, 1.165) is 43.4 Å². The van der Waals surface area contributed by atoms with E-state index >= 15 is 0 Å². The van der Waals surface area contributed by atoms with Crippen molar-refractivity contribution in [1.29, 1.82) is 0 Å². The zero-order chi connectivity index (χ0) is 31.1. The lowest BCUT2D eigenvalue weighted by atomic mass is 9.91. The molecule has 0 aromatic rings. The van der Waals surface area contributed by atoms with Gasteiger partial charge in [0.2, 0.25) is 0 Å². The van der Waals surface area contributed by atoms with Gasteiger partial charge in [0.1, 0.15) is 5.60 Å². The highest BCUT2D eigenvalue weighted by molar-refractivity contribution is 8.06. The topological polar surface area (TPSA) is 106 Å². The van der Waals surface area contributed by atoms with Crippen LogP contribution in [0.4, 0.5) is 9.59 Å². The number of carbonyl (C=O) groups excluding carboxylic acids is 2. The van der Waals surface area contributed by atoms with Gasteiger partial charge in [-0.15, -0.1) is 0 Å². The minimum absolute atomic E-state index is 0.0560. The molecule has 0 unspecified atom stereocenters. The summed E-state index contributed by atoms with van der Waals surface area (Å²) in [4.78, 5) is 33.4. The predicted octanol–water partition coefficient (Wildman–Crippen LogP) is 4.26. The average Bonchev–Trinajstić information content (AvgIpc) is 2.93. The molecule has 11 nitrogen and oxygen atoms in total. The minimum Gasteiger partial charge on any atom is -0.444 e. The predicted molar refractivity (Wildman–Crippen MR) is 169 cm³/mol. The molecule has 42 heavy (non-hydrogen) atoms. The molecule has 2 heterocycles. The fourth-order valence-electron chi connectivity index (χ4n) is 5.76. The van der Waals surface area contributed by atoms with E-state index in [1.807, 2.05) is 38.7 Å². The number of carbonyl (C=O) groups is 2. The summed E-state index contributed by atoms with van der Waals surface area (Å²) in [6.07, 6.45) is 8.60. The summed E-state index contributed by atoms with van der Waals surface area (Å²) < 4.78 is 33.2. The molecule has 0 aromatic carbocycles. The van der Waals surface area contributed by atoms with E-state index in [1.165, 1.54) is 26.8 Å². The first-order chi connectivity index (χ1) is 19.7. The van der Waals surface area contributed by atoms with Crippen LogP contribution in [0.5, 0.6) is 0 Å². The lowest BCUT2D eigenvalue weighted by Crippen LogP contribution is -2.55. The molecule has 0 atom stereocenters. The van der Waals surface area contributed by atoms with Gasteiger partial charge in [0.25, 0.3) is 10.2 Å². The third-order valence-electron chi connectivity index (χ3n) is 8.03. The number of piperazine rings is 1. The largest absolute Gasteiger partial charge is 0.444 e. The van der Waals surface area contributed by atoms with Crippen LogP contribution in [0, 0.1) is 0 Å². The van der Waals surface area contributed by atoms with Crippen molar-refractivity contribution in [1.82, 2.24) is 28.6 Å². The van der Waals surface area contributed by atoms with Gasteiger partial charge >= 0.3 is 12.1 Å². The van der Waals surface area contributed by atoms with E-state index in [4.69, 9.17) is 4.74 Å². The second-order valence-electron chi connectivity index (χ2n) is 12.6. The number of likely N-dealkylation sites (tertiary alicyclic amines) is 1. The van der Waals surface area contributed by atoms with Crippen LogP contribution in [0.1, 0.15) is 72.6 Å². The number of amides is 3. The number of allylic oxidation sites excluding steroid dienone is 1. The SMILES string of the molecule is C=C(NC(=O)N(C1CCCCC1)C1CCN(C(=O)OC(C)(C)C)CC1)S/C(=C\C)CN1CCN(S(=O)(=O)N(C)C)CC1. The Morgan fingerprint density at radius 2 is 1.55 bits per heavy atom.